The molecule has 140 valence electrons. The summed E-state index contributed by atoms with van der Waals surface area (Å²) < 4.78 is 20.0. The molecular formula is C21H22FN3O2. The average Bonchev–Trinajstić information content (AvgIpc) is 3.19. The minimum Gasteiger partial charge on any atom is -0.465 e. The number of rotatable bonds is 8. The molecule has 1 aromatic heterocycles. The average molecular weight is 367 g/mol. The van der Waals surface area contributed by atoms with E-state index in [1.54, 1.807) is 29.9 Å². The Bertz CT molecular complexity index is 846. The zero-order chi connectivity index (χ0) is 19.1. The van der Waals surface area contributed by atoms with Gasteiger partial charge in [0.25, 0.3) is 0 Å². The Labute approximate surface area is 158 Å². The van der Waals surface area contributed by atoms with Gasteiger partial charge in [-0.3, -0.25) is 9.69 Å². The number of halogens is 1. The molecule has 0 radical (unpaired) electrons. The van der Waals surface area contributed by atoms with E-state index < -0.39 is 0 Å². The highest BCUT2D eigenvalue weighted by Crippen LogP contribution is 2.14. The summed E-state index contributed by atoms with van der Waals surface area (Å²) in [5.74, 6) is -0.544. The molecule has 0 spiro atoms. The van der Waals surface area contributed by atoms with Crippen molar-refractivity contribution in [2.24, 2.45) is 0 Å². The van der Waals surface area contributed by atoms with E-state index in [4.69, 9.17) is 4.74 Å². The highest BCUT2D eigenvalue weighted by molar-refractivity contribution is 5.71. The van der Waals surface area contributed by atoms with Gasteiger partial charge in [-0.25, -0.2) is 9.07 Å². The van der Waals surface area contributed by atoms with E-state index in [9.17, 15) is 9.18 Å². The monoisotopic (exact) mass is 367 g/mol. The van der Waals surface area contributed by atoms with Crippen LogP contribution in [0.25, 0.3) is 5.69 Å². The summed E-state index contributed by atoms with van der Waals surface area (Å²) in [4.78, 5) is 13.9. The molecule has 27 heavy (non-hydrogen) atoms. The SMILES string of the molecule is CCOC(=O)CN(Cc1ccc(F)cc1)Cc1ccc(-n2cccn2)cc1. The third-order valence-corrected chi connectivity index (χ3v) is 4.09. The summed E-state index contributed by atoms with van der Waals surface area (Å²) in [6, 6.07) is 16.2. The largest absolute Gasteiger partial charge is 0.465 e. The smallest absolute Gasteiger partial charge is 0.320 e. The molecule has 5 nitrogen and oxygen atoms in total. The van der Waals surface area contributed by atoms with E-state index in [1.807, 2.05) is 41.4 Å². The fraction of sp³-hybridized carbons (Fsp3) is 0.238. The topological polar surface area (TPSA) is 47.4 Å². The lowest BCUT2D eigenvalue weighted by Crippen LogP contribution is -2.30. The second-order valence-corrected chi connectivity index (χ2v) is 6.19. The number of aromatic nitrogens is 2. The Morgan fingerprint density at radius 2 is 1.70 bits per heavy atom. The summed E-state index contributed by atoms with van der Waals surface area (Å²) in [7, 11) is 0. The quantitative estimate of drug-likeness (QED) is 0.571. The van der Waals surface area contributed by atoms with Crippen LogP contribution in [0.3, 0.4) is 0 Å². The van der Waals surface area contributed by atoms with E-state index in [0.29, 0.717) is 19.7 Å². The van der Waals surface area contributed by atoms with Crippen LogP contribution in [-0.2, 0) is 22.6 Å². The van der Waals surface area contributed by atoms with Crippen molar-refractivity contribution in [1.29, 1.82) is 0 Å². The van der Waals surface area contributed by atoms with Crippen molar-refractivity contribution < 1.29 is 13.9 Å². The number of ether oxygens (including phenoxy) is 1. The van der Waals surface area contributed by atoms with Crippen molar-refractivity contribution in [3.63, 3.8) is 0 Å². The maximum Gasteiger partial charge on any atom is 0.320 e. The fourth-order valence-electron chi connectivity index (χ4n) is 2.84. The molecule has 0 amide bonds. The molecule has 0 unspecified atom stereocenters. The highest BCUT2D eigenvalue weighted by atomic mass is 19.1. The van der Waals surface area contributed by atoms with Crippen molar-refractivity contribution in [1.82, 2.24) is 14.7 Å². The third-order valence-electron chi connectivity index (χ3n) is 4.09. The van der Waals surface area contributed by atoms with Crippen LogP contribution in [0, 0.1) is 5.82 Å². The first-order valence-electron chi connectivity index (χ1n) is 8.85. The van der Waals surface area contributed by atoms with Gasteiger partial charge in [0.05, 0.1) is 18.8 Å². The molecule has 1 heterocycles. The lowest BCUT2D eigenvalue weighted by atomic mass is 10.1. The van der Waals surface area contributed by atoms with E-state index >= 15 is 0 Å². The van der Waals surface area contributed by atoms with Gasteiger partial charge in [0.1, 0.15) is 5.82 Å². The minimum atomic E-state index is -0.273. The number of benzene rings is 2. The summed E-state index contributed by atoms with van der Waals surface area (Å²) in [5, 5.41) is 4.21. The summed E-state index contributed by atoms with van der Waals surface area (Å²) in [6.45, 7) is 3.42. The van der Waals surface area contributed by atoms with Crippen LogP contribution in [0.4, 0.5) is 4.39 Å². The molecule has 0 aliphatic carbocycles. The van der Waals surface area contributed by atoms with Gasteiger partial charge in [-0.2, -0.15) is 5.10 Å². The van der Waals surface area contributed by atoms with Crippen LogP contribution in [0.1, 0.15) is 18.1 Å². The maximum atomic E-state index is 13.1. The van der Waals surface area contributed by atoms with Crippen LogP contribution in [0.2, 0.25) is 0 Å². The number of carbonyl (C=O) groups is 1. The minimum absolute atomic E-state index is 0.173. The number of nitrogens with zero attached hydrogens (tertiary/aromatic N) is 3. The van der Waals surface area contributed by atoms with Crippen LogP contribution in [0.5, 0.6) is 0 Å². The molecule has 0 fully saturated rings. The Morgan fingerprint density at radius 1 is 1.07 bits per heavy atom. The molecule has 0 N–H and O–H groups in total. The Balaban J connectivity index is 1.71. The first kappa shape index (κ1) is 18.8. The molecular weight excluding hydrogens is 345 g/mol. The molecule has 2 aromatic carbocycles. The number of hydrogen-bond donors (Lipinski definition) is 0. The van der Waals surface area contributed by atoms with Crippen LogP contribution < -0.4 is 0 Å². The Hall–Kier alpha value is -2.99. The predicted octanol–water partition coefficient (Wildman–Crippen LogP) is 3.58. The number of carbonyl (C=O) groups excluding carboxylic acids is 1. The summed E-state index contributed by atoms with van der Waals surface area (Å²) in [6.07, 6.45) is 3.62. The van der Waals surface area contributed by atoms with E-state index in [-0.39, 0.29) is 18.3 Å². The van der Waals surface area contributed by atoms with Crippen molar-refractivity contribution in [3.05, 3.63) is 83.9 Å². The molecule has 3 aromatic rings. The van der Waals surface area contributed by atoms with Gasteiger partial charge < -0.3 is 4.74 Å². The van der Waals surface area contributed by atoms with Gasteiger partial charge in [-0.1, -0.05) is 24.3 Å². The van der Waals surface area contributed by atoms with Gasteiger partial charge in [0, 0.05) is 25.5 Å². The van der Waals surface area contributed by atoms with E-state index in [0.717, 1.165) is 16.8 Å². The normalized spacial score (nSPS) is 10.9. The molecule has 0 aliphatic rings. The van der Waals surface area contributed by atoms with Crippen molar-refractivity contribution >= 4 is 5.97 Å². The maximum absolute atomic E-state index is 13.1. The van der Waals surface area contributed by atoms with E-state index in [1.165, 1.54) is 12.1 Å². The second kappa shape index (κ2) is 9.09. The van der Waals surface area contributed by atoms with Crippen molar-refractivity contribution in [2.45, 2.75) is 20.0 Å². The standard InChI is InChI=1S/C21H22FN3O2/c1-2-27-21(26)16-24(14-17-4-8-19(22)9-5-17)15-18-6-10-20(11-7-18)25-13-3-12-23-25/h3-13H,2,14-16H2,1H3. The Kier molecular flexibility index (Phi) is 6.33. The molecule has 0 saturated carbocycles. The Morgan fingerprint density at radius 3 is 2.26 bits per heavy atom. The van der Waals surface area contributed by atoms with Crippen LogP contribution >= 0.6 is 0 Å². The lowest BCUT2D eigenvalue weighted by molar-refractivity contribution is -0.144. The van der Waals surface area contributed by atoms with Gasteiger partial charge in [-0.05, 0) is 48.4 Å². The zero-order valence-corrected chi connectivity index (χ0v) is 15.2. The molecule has 6 heteroatoms. The highest BCUT2D eigenvalue weighted by Gasteiger charge is 2.13. The number of esters is 1. The van der Waals surface area contributed by atoms with Crippen molar-refractivity contribution in [3.8, 4) is 5.69 Å². The number of hydrogen-bond acceptors (Lipinski definition) is 4. The van der Waals surface area contributed by atoms with Crippen LogP contribution in [0.15, 0.2) is 67.0 Å². The molecule has 3 rings (SSSR count). The van der Waals surface area contributed by atoms with Gasteiger partial charge >= 0.3 is 5.97 Å². The summed E-state index contributed by atoms with van der Waals surface area (Å²) in [5.41, 5.74) is 2.98. The third kappa shape index (κ3) is 5.49. The second-order valence-electron chi connectivity index (χ2n) is 6.19. The fourth-order valence-corrected chi connectivity index (χ4v) is 2.84. The van der Waals surface area contributed by atoms with E-state index in [2.05, 4.69) is 5.10 Å². The van der Waals surface area contributed by atoms with Gasteiger partial charge in [-0.15, -0.1) is 0 Å². The zero-order valence-electron chi connectivity index (χ0n) is 15.2. The molecule has 0 saturated heterocycles. The van der Waals surface area contributed by atoms with Gasteiger partial charge in [0.2, 0.25) is 0 Å². The van der Waals surface area contributed by atoms with Crippen LogP contribution in [-0.4, -0.2) is 33.8 Å². The first-order valence-corrected chi connectivity index (χ1v) is 8.85. The first-order chi connectivity index (χ1) is 13.1. The molecule has 0 aliphatic heterocycles. The molecule has 0 atom stereocenters. The predicted molar refractivity (Wildman–Crippen MR) is 101 cm³/mol. The summed E-state index contributed by atoms with van der Waals surface area (Å²) >= 11 is 0. The lowest BCUT2D eigenvalue weighted by Gasteiger charge is -2.21. The van der Waals surface area contributed by atoms with Gasteiger partial charge in [0.15, 0.2) is 0 Å². The van der Waals surface area contributed by atoms with Crippen molar-refractivity contribution in [2.75, 3.05) is 13.2 Å². The molecule has 0 bridgehead atoms.